The highest BCUT2D eigenvalue weighted by Crippen LogP contribution is 2.16. The molecule has 0 saturated heterocycles. The van der Waals surface area contributed by atoms with E-state index in [0.29, 0.717) is 0 Å². The average molecular weight is 175 g/mol. The molecule has 4 heteroatoms. The summed E-state index contributed by atoms with van der Waals surface area (Å²) in [6, 6.07) is 0. The zero-order valence-corrected chi connectivity index (χ0v) is 8.00. The maximum absolute atomic E-state index is 9.44. The first-order chi connectivity index (χ1) is 5.17. The Morgan fingerprint density at radius 3 is 1.67 bits per heavy atom. The van der Waals surface area contributed by atoms with Gasteiger partial charge in [-0.05, 0) is 27.7 Å². The van der Waals surface area contributed by atoms with Crippen LogP contribution in [0.1, 0.15) is 34.1 Å². The van der Waals surface area contributed by atoms with Crippen molar-refractivity contribution in [3.05, 3.63) is 0 Å². The van der Waals surface area contributed by atoms with Crippen molar-refractivity contribution in [2.24, 2.45) is 5.16 Å². The van der Waals surface area contributed by atoms with Crippen LogP contribution in [-0.4, -0.2) is 32.3 Å². The van der Waals surface area contributed by atoms with Gasteiger partial charge < -0.3 is 15.4 Å². The van der Waals surface area contributed by atoms with Crippen LogP contribution in [-0.2, 0) is 0 Å². The maximum atomic E-state index is 9.44. The van der Waals surface area contributed by atoms with Crippen LogP contribution >= 0.6 is 0 Å². The van der Waals surface area contributed by atoms with Crippen LogP contribution in [0.25, 0.3) is 0 Å². The van der Waals surface area contributed by atoms with E-state index in [-0.39, 0.29) is 12.1 Å². The fraction of sp³-hybridized carbons (Fsp3) is 0.875. The van der Waals surface area contributed by atoms with Gasteiger partial charge in [-0.2, -0.15) is 0 Å². The van der Waals surface area contributed by atoms with Crippen LogP contribution in [0.15, 0.2) is 5.16 Å². The second-order valence-electron chi connectivity index (χ2n) is 4.09. The van der Waals surface area contributed by atoms with E-state index in [0.717, 1.165) is 0 Å². The van der Waals surface area contributed by atoms with Crippen molar-refractivity contribution in [2.75, 3.05) is 0 Å². The normalized spacial score (nSPS) is 15.0. The lowest BCUT2D eigenvalue weighted by Crippen LogP contribution is -2.37. The Hall–Kier alpha value is -0.610. The van der Waals surface area contributed by atoms with E-state index >= 15 is 0 Å². The highest BCUT2D eigenvalue weighted by Gasteiger charge is 2.27. The van der Waals surface area contributed by atoms with E-state index in [4.69, 9.17) is 5.21 Å². The second kappa shape index (κ2) is 3.41. The summed E-state index contributed by atoms with van der Waals surface area (Å²) in [5.74, 6) is 0. The van der Waals surface area contributed by atoms with E-state index in [1.54, 1.807) is 13.8 Å². The molecule has 0 aromatic carbocycles. The monoisotopic (exact) mass is 175 g/mol. The molecular formula is C8H17NO3. The average Bonchev–Trinajstić information content (AvgIpc) is 1.78. The van der Waals surface area contributed by atoms with E-state index in [9.17, 15) is 10.2 Å². The van der Waals surface area contributed by atoms with Gasteiger partial charge in [0.05, 0.1) is 11.3 Å². The Balaban J connectivity index is 4.43. The van der Waals surface area contributed by atoms with Gasteiger partial charge in [-0.15, -0.1) is 0 Å². The molecule has 0 heterocycles. The number of hydrogen-bond acceptors (Lipinski definition) is 4. The molecule has 0 aliphatic carbocycles. The number of rotatable bonds is 3. The molecule has 0 rings (SSSR count). The van der Waals surface area contributed by atoms with E-state index in [1.807, 2.05) is 0 Å². The highest BCUT2D eigenvalue weighted by molar-refractivity contribution is 5.91. The highest BCUT2D eigenvalue weighted by atomic mass is 16.4. The van der Waals surface area contributed by atoms with Gasteiger partial charge in [0.1, 0.15) is 5.60 Å². The van der Waals surface area contributed by atoms with Crippen molar-refractivity contribution in [1.29, 1.82) is 0 Å². The second-order valence-corrected chi connectivity index (χ2v) is 4.09. The summed E-state index contributed by atoms with van der Waals surface area (Å²) in [4.78, 5) is 0. The van der Waals surface area contributed by atoms with Crippen molar-refractivity contribution >= 4 is 5.71 Å². The lowest BCUT2D eigenvalue weighted by molar-refractivity contribution is 0.0760. The van der Waals surface area contributed by atoms with Crippen LogP contribution in [0.3, 0.4) is 0 Å². The Kier molecular flexibility index (Phi) is 3.24. The minimum atomic E-state index is -1.19. The minimum Gasteiger partial charge on any atom is -0.411 e. The van der Waals surface area contributed by atoms with E-state index in [1.165, 1.54) is 13.8 Å². The molecule has 0 radical (unpaired) electrons. The number of aliphatic hydroxyl groups is 2. The molecule has 0 aliphatic heterocycles. The van der Waals surface area contributed by atoms with Crippen LogP contribution in [0.2, 0.25) is 0 Å². The SMILES string of the molecule is CC(C)(O)C/C(=N\O)C(C)(C)O. The quantitative estimate of drug-likeness (QED) is 0.336. The maximum Gasteiger partial charge on any atom is 0.100 e. The van der Waals surface area contributed by atoms with Gasteiger partial charge in [-0.25, -0.2) is 0 Å². The standard InChI is InChI=1S/C8H17NO3/c1-7(2,10)5-6(9-12)8(3,4)11/h10-12H,5H2,1-4H3/b9-6+. The molecule has 0 fully saturated rings. The summed E-state index contributed by atoms with van der Waals surface area (Å²) in [5, 5.41) is 30.3. The molecule has 0 aliphatic rings. The Morgan fingerprint density at radius 2 is 1.58 bits per heavy atom. The van der Waals surface area contributed by atoms with Crippen molar-refractivity contribution < 1.29 is 15.4 Å². The van der Waals surface area contributed by atoms with Gasteiger partial charge in [0.2, 0.25) is 0 Å². The molecule has 0 bridgehead atoms. The molecule has 0 spiro atoms. The summed E-state index contributed by atoms with van der Waals surface area (Å²) >= 11 is 0. The van der Waals surface area contributed by atoms with E-state index in [2.05, 4.69) is 5.16 Å². The van der Waals surface area contributed by atoms with Gasteiger partial charge in [-0.3, -0.25) is 0 Å². The minimum absolute atomic E-state index is 0.146. The fourth-order valence-corrected chi connectivity index (χ4v) is 0.784. The molecule has 0 atom stereocenters. The lowest BCUT2D eigenvalue weighted by Gasteiger charge is -2.24. The number of hydrogen-bond donors (Lipinski definition) is 3. The smallest absolute Gasteiger partial charge is 0.100 e. The number of nitrogens with zero attached hydrogens (tertiary/aromatic N) is 1. The summed E-state index contributed by atoms with van der Waals surface area (Å²) in [5.41, 5.74) is -1.98. The predicted octanol–water partition coefficient (Wildman–Crippen LogP) is 0.748. The molecule has 0 unspecified atom stereocenters. The molecule has 0 aromatic heterocycles. The summed E-state index contributed by atoms with van der Waals surface area (Å²) in [7, 11) is 0. The zero-order chi connectivity index (χ0) is 9.99. The first kappa shape index (κ1) is 11.4. The van der Waals surface area contributed by atoms with Gasteiger partial charge >= 0.3 is 0 Å². The van der Waals surface area contributed by atoms with Crippen molar-refractivity contribution in [2.45, 2.75) is 45.3 Å². The summed E-state index contributed by atoms with van der Waals surface area (Å²) < 4.78 is 0. The third-order valence-electron chi connectivity index (χ3n) is 1.43. The van der Waals surface area contributed by atoms with Gasteiger partial charge in [-0.1, -0.05) is 5.16 Å². The summed E-state index contributed by atoms with van der Waals surface area (Å²) in [6.07, 6.45) is 0.146. The zero-order valence-electron chi connectivity index (χ0n) is 8.00. The van der Waals surface area contributed by atoms with Gasteiger partial charge in [0.25, 0.3) is 0 Å². The topological polar surface area (TPSA) is 73.1 Å². The molecule has 0 aromatic rings. The van der Waals surface area contributed by atoms with Crippen LogP contribution < -0.4 is 0 Å². The van der Waals surface area contributed by atoms with Crippen LogP contribution in [0.4, 0.5) is 0 Å². The summed E-state index contributed by atoms with van der Waals surface area (Å²) in [6.45, 7) is 6.19. The van der Waals surface area contributed by atoms with E-state index < -0.39 is 11.2 Å². The molecule has 3 N–H and O–H groups in total. The predicted molar refractivity (Wildman–Crippen MR) is 46.4 cm³/mol. The lowest BCUT2D eigenvalue weighted by atomic mass is 9.92. The Morgan fingerprint density at radius 1 is 1.17 bits per heavy atom. The largest absolute Gasteiger partial charge is 0.411 e. The van der Waals surface area contributed by atoms with Crippen LogP contribution in [0, 0.1) is 0 Å². The molecule has 72 valence electrons. The Bertz CT molecular complexity index is 174. The van der Waals surface area contributed by atoms with Crippen molar-refractivity contribution in [3.8, 4) is 0 Å². The molecule has 12 heavy (non-hydrogen) atoms. The number of oxime groups is 1. The molecular weight excluding hydrogens is 158 g/mol. The van der Waals surface area contributed by atoms with Crippen molar-refractivity contribution in [3.63, 3.8) is 0 Å². The fourth-order valence-electron chi connectivity index (χ4n) is 0.784. The Labute approximate surface area is 72.5 Å². The van der Waals surface area contributed by atoms with Gasteiger partial charge in [0, 0.05) is 6.42 Å². The molecule has 4 nitrogen and oxygen atoms in total. The first-order valence-corrected chi connectivity index (χ1v) is 3.83. The third kappa shape index (κ3) is 4.31. The van der Waals surface area contributed by atoms with Crippen LogP contribution in [0.5, 0.6) is 0 Å². The molecule has 0 saturated carbocycles. The molecule has 0 amide bonds. The van der Waals surface area contributed by atoms with Gasteiger partial charge in [0.15, 0.2) is 0 Å². The van der Waals surface area contributed by atoms with Crippen molar-refractivity contribution in [1.82, 2.24) is 0 Å². The first-order valence-electron chi connectivity index (χ1n) is 3.83. The third-order valence-corrected chi connectivity index (χ3v) is 1.43.